The molecular weight excluding hydrogens is 430 g/mol. The van der Waals surface area contributed by atoms with Gasteiger partial charge in [-0.2, -0.15) is 5.26 Å². The van der Waals surface area contributed by atoms with E-state index in [1.54, 1.807) is 45.0 Å². The van der Waals surface area contributed by atoms with Gasteiger partial charge < -0.3 is 10.1 Å². The van der Waals surface area contributed by atoms with Gasteiger partial charge in [-0.1, -0.05) is 31.5 Å². The maximum absolute atomic E-state index is 12.5. The number of benzene rings is 2. The molecule has 0 fully saturated rings. The van der Waals surface area contributed by atoms with Crippen LogP contribution in [-0.2, 0) is 19.6 Å². The van der Waals surface area contributed by atoms with Crippen molar-refractivity contribution in [1.82, 2.24) is 5.32 Å². The van der Waals surface area contributed by atoms with Crippen LogP contribution in [0.5, 0.6) is 0 Å². The van der Waals surface area contributed by atoms with Gasteiger partial charge in [0, 0.05) is 5.69 Å². The van der Waals surface area contributed by atoms with Crippen molar-refractivity contribution in [1.29, 1.82) is 5.26 Å². The zero-order chi connectivity index (χ0) is 24.1. The lowest BCUT2D eigenvalue weighted by Crippen LogP contribution is -2.52. The van der Waals surface area contributed by atoms with E-state index in [2.05, 4.69) is 16.1 Å². The number of ether oxygens (including phenoxy) is 1. The van der Waals surface area contributed by atoms with Crippen LogP contribution in [0.25, 0.3) is 0 Å². The Kier molecular flexibility index (Phi) is 7.65. The first-order valence-electron chi connectivity index (χ1n) is 10.0. The SMILES string of the molecule is Cc1ccc(NS(=O)(=O)c2ccc(C(=O)O[C@@H](C)C(=O)N[C@](C)(C#N)C(C)C)cc2)cc1. The van der Waals surface area contributed by atoms with Crippen LogP contribution in [0.15, 0.2) is 53.4 Å². The molecule has 0 spiro atoms. The fourth-order valence-electron chi connectivity index (χ4n) is 2.55. The summed E-state index contributed by atoms with van der Waals surface area (Å²) in [5, 5.41) is 11.9. The van der Waals surface area contributed by atoms with Crippen LogP contribution >= 0.6 is 0 Å². The van der Waals surface area contributed by atoms with Crippen molar-refractivity contribution in [3.05, 3.63) is 59.7 Å². The maximum atomic E-state index is 12.5. The predicted octanol–water partition coefficient (Wildman–Crippen LogP) is 3.40. The molecule has 0 aliphatic carbocycles. The minimum Gasteiger partial charge on any atom is -0.449 e. The van der Waals surface area contributed by atoms with Gasteiger partial charge in [-0.15, -0.1) is 0 Å². The smallest absolute Gasteiger partial charge is 0.338 e. The number of anilines is 1. The van der Waals surface area contributed by atoms with Crippen molar-refractivity contribution < 1.29 is 22.7 Å². The zero-order valence-corrected chi connectivity index (χ0v) is 19.5. The van der Waals surface area contributed by atoms with Crippen LogP contribution in [0.2, 0.25) is 0 Å². The summed E-state index contributed by atoms with van der Waals surface area (Å²) in [7, 11) is -3.83. The Labute approximate surface area is 188 Å². The predicted molar refractivity (Wildman–Crippen MR) is 120 cm³/mol. The van der Waals surface area contributed by atoms with E-state index < -0.39 is 33.5 Å². The van der Waals surface area contributed by atoms with Gasteiger partial charge in [0.15, 0.2) is 6.10 Å². The number of esters is 1. The molecule has 2 rings (SSSR count). The van der Waals surface area contributed by atoms with Gasteiger partial charge in [0.1, 0.15) is 5.54 Å². The first-order valence-corrected chi connectivity index (χ1v) is 11.5. The molecule has 0 bridgehead atoms. The molecule has 0 aliphatic heterocycles. The van der Waals surface area contributed by atoms with Crippen molar-refractivity contribution in [2.24, 2.45) is 5.92 Å². The van der Waals surface area contributed by atoms with Crippen molar-refractivity contribution >= 4 is 27.6 Å². The van der Waals surface area contributed by atoms with E-state index in [9.17, 15) is 23.3 Å². The molecule has 0 aromatic heterocycles. The maximum Gasteiger partial charge on any atom is 0.338 e. The Morgan fingerprint density at radius 3 is 2.09 bits per heavy atom. The molecule has 170 valence electrons. The number of aryl methyl sites for hydroxylation is 1. The van der Waals surface area contributed by atoms with Gasteiger partial charge in [0.25, 0.3) is 15.9 Å². The number of carbonyl (C=O) groups is 2. The molecule has 0 radical (unpaired) electrons. The minimum absolute atomic E-state index is 0.0258. The second kappa shape index (κ2) is 9.83. The molecule has 0 unspecified atom stereocenters. The van der Waals surface area contributed by atoms with E-state index >= 15 is 0 Å². The zero-order valence-electron chi connectivity index (χ0n) is 18.7. The van der Waals surface area contributed by atoms with Gasteiger partial charge in [-0.3, -0.25) is 9.52 Å². The fraction of sp³-hybridized carbons (Fsp3) is 0.348. The standard InChI is InChI=1S/C23H27N3O5S/c1-15(2)23(5,14-24)25-21(27)17(4)31-22(28)18-8-12-20(13-9-18)32(29,30)26-19-10-6-16(3)7-11-19/h6-13,15,17,26H,1-5H3,(H,25,27)/t17-,23+/m0/s1. The van der Waals surface area contributed by atoms with Crippen LogP contribution in [0.1, 0.15) is 43.6 Å². The fourth-order valence-corrected chi connectivity index (χ4v) is 3.61. The Bertz CT molecular complexity index is 1120. The highest BCUT2D eigenvalue weighted by atomic mass is 32.2. The lowest BCUT2D eigenvalue weighted by atomic mass is 9.90. The van der Waals surface area contributed by atoms with E-state index in [1.165, 1.54) is 31.2 Å². The molecule has 9 heteroatoms. The number of hydrogen-bond donors (Lipinski definition) is 2. The van der Waals surface area contributed by atoms with Gasteiger partial charge in [0.2, 0.25) is 0 Å². The molecule has 0 heterocycles. The number of rotatable bonds is 8. The third-order valence-electron chi connectivity index (χ3n) is 5.13. The third-order valence-corrected chi connectivity index (χ3v) is 6.52. The summed E-state index contributed by atoms with van der Waals surface area (Å²) in [5.74, 6) is -1.54. The number of nitrogens with zero attached hydrogens (tertiary/aromatic N) is 1. The Morgan fingerprint density at radius 2 is 1.59 bits per heavy atom. The summed E-state index contributed by atoms with van der Waals surface area (Å²) < 4.78 is 32.7. The molecule has 2 N–H and O–H groups in total. The van der Waals surface area contributed by atoms with Crippen LogP contribution < -0.4 is 10.0 Å². The lowest BCUT2D eigenvalue weighted by molar-refractivity contribution is -0.130. The summed E-state index contributed by atoms with van der Waals surface area (Å²) >= 11 is 0. The first kappa shape index (κ1) is 24.9. The Balaban J connectivity index is 2.05. The second-order valence-corrected chi connectivity index (χ2v) is 9.68. The number of nitriles is 1. The topological polar surface area (TPSA) is 125 Å². The lowest BCUT2D eigenvalue weighted by Gasteiger charge is -2.28. The number of nitrogens with one attached hydrogen (secondary N) is 2. The van der Waals surface area contributed by atoms with Crippen LogP contribution in [0, 0.1) is 24.2 Å². The van der Waals surface area contributed by atoms with Crippen LogP contribution in [0.3, 0.4) is 0 Å². The molecule has 0 saturated carbocycles. The molecule has 8 nitrogen and oxygen atoms in total. The number of sulfonamides is 1. The van der Waals surface area contributed by atoms with E-state index in [4.69, 9.17) is 4.74 Å². The van der Waals surface area contributed by atoms with Crippen molar-refractivity contribution in [3.8, 4) is 6.07 Å². The molecule has 32 heavy (non-hydrogen) atoms. The molecule has 2 aromatic rings. The highest BCUT2D eigenvalue weighted by molar-refractivity contribution is 7.92. The van der Waals surface area contributed by atoms with Gasteiger partial charge >= 0.3 is 5.97 Å². The van der Waals surface area contributed by atoms with E-state index in [1.807, 2.05) is 6.92 Å². The van der Waals surface area contributed by atoms with Crippen LogP contribution in [0.4, 0.5) is 5.69 Å². The Morgan fingerprint density at radius 1 is 1.03 bits per heavy atom. The quantitative estimate of drug-likeness (QED) is 0.585. The van der Waals surface area contributed by atoms with Crippen molar-refractivity contribution in [3.63, 3.8) is 0 Å². The average molecular weight is 458 g/mol. The first-order chi connectivity index (χ1) is 14.9. The normalized spacial score (nSPS) is 14.0. The molecule has 0 saturated heterocycles. The third kappa shape index (κ3) is 6.08. The number of carbonyl (C=O) groups excluding carboxylic acids is 2. The highest BCUT2D eigenvalue weighted by Gasteiger charge is 2.32. The molecular formula is C23H27N3O5S. The van der Waals surface area contributed by atoms with E-state index in [0.717, 1.165) is 5.56 Å². The summed E-state index contributed by atoms with van der Waals surface area (Å²) in [5.41, 5.74) is 0.411. The summed E-state index contributed by atoms with van der Waals surface area (Å²) in [4.78, 5) is 24.7. The van der Waals surface area contributed by atoms with Gasteiger partial charge in [-0.05, 0) is 63.1 Å². The monoisotopic (exact) mass is 457 g/mol. The molecule has 2 atom stereocenters. The van der Waals surface area contributed by atoms with Crippen molar-refractivity contribution in [2.45, 2.75) is 51.2 Å². The van der Waals surface area contributed by atoms with E-state index in [-0.39, 0.29) is 16.4 Å². The average Bonchev–Trinajstić information content (AvgIpc) is 2.74. The summed E-state index contributed by atoms with van der Waals surface area (Å²) in [6, 6.07) is 14.1. The van der Waals surface area contributed by atoms with Gasteiger partial charge in [-0.25, -0.2) is 13.2 Å². The van der Waals surface area contributed by atoms with Crippen LogP contribution in [-0.4, -0.2) is 31.9 Å². The molecule has 0 aliphatic rings. The molecule has 2 aromatic carbocycles. The second-order valence-electron chi connectivity index (χ2n) is 8.00. The largest absolute Gasteiger partial charge is 0.449 e. The van der Waals surface area contributed by atoms with Gasteiger partial charge in [0.05, 0.1) is 16.5 Å². The van der Waals surface area contributed by atoms with Crippen molar-refractivity contribution in [2.75, 3.05) is 4.72 Å². The minimum atomic E-state index is -3.83. The summed E-state index contributed by atoms with van der Waals surface area (Å²) in [6.45, 7) is 8.48. The summed E-state index contributed by atoms with van der Waals surface area (Å²) in [6.07, 6.45) is -1.14. The number of amides is 1. The number of hydrogen-bond acceptors (Lipinski definition) is 6. The highest BCUT2D eigenvalue weighted by Crippen LogP contribution is 2.18. The molecule has 1 amide bonds. The Hall–Kier alpha value is -3.38. The van der Waals surface area contributed by atoms with E-state index in [0.29, 0.717) is 5.69 Å².